The predicted molar refractivity (Wildman–Crippen MR) is 84.9 cm³/mol. The van der Waals surface area contributed by atoms with E-state index in [4.69, 9.17) is 0 Å². The molecule has 1 N–H and O–H groups in total. The van der Waals surface area contributed by atoms with E-state index in [9.17, 15) is 4.79 Å². The van der Waals surface area contributed by atoms with Crippen molar-refractivity contribution in [3.05, 3.63) is 29.6 Å². The van der Waals surface area contributed by atoms with Crippen molar-refractivity contribution >= 4 is 5.91 Å². The zero-order chi connectivity index (χ0) is 15.1. The largest absolute Gasteiger partial charge is 0.337 e. The molecule has 4 nitrogen and oxygen atoms in total. The molecule has 1 unspecified atom stereocenters. The summed E-state index contributed by atoms with van der Waals surface area (Å²) in [6.07, 6.45) is 4.16. The summed E-state index contributed by atoms with van der Waals surface area (Å²) >= 11 is 0. The van der Waals surface area contributed by atoms with E-state index in [1.54, 1.807) is 0 Å². The van der Waals surface area contributed by atoms with Gasteiger partial charge < -0.3 is 10.2 Å². The van der Waals surface area contributed by atoms with Gasteiger partial charge >= 0.3 is 0 Å². The Balaban J connectivity index is 1.83. The van der Waals surface area contributed by atoms with Crippen molar-refractivity contribution in [1.82, 2.24) is 15.2 Å². The molecule has 2 heterocycles. The molecule has 0 spiro atoms. The molecule has 0 aromatic carbocycles. The third-order valence-electron chi connectivity index (χ3n) is 4.20. The number of hydrogen-bond acceptors (Lipinski definition) is 3. The molecule has 1 aliphatic rings. The highest BCUT2D eigenvalue weighted by Gasteiger charge is 2.17. The monoisotopic (exact) mass is 289 g/mol. The number of nitrogens with one attached hydrogen (secondary N) is 1. The number of rotatable bonds is 6. The summed E-state index contributed by atoms with van der Waals surface area (Å²) in [7, 11) is 0. The lowest BCUT2D eigenvalue weighted by Gasteiger charge is -2.25. The van der Waals surface area contributed by atoms with Crippen molar-refractivity contribution in [3.63, 3.8) is 0 Å². The van der Waals surface area contributed by atoms with Gasteiger partial charge in [-0.3, -0.25) is 9.78 Å². The molecule has 1 aliphatic heterocycles. The lowest BCUT2D eigenvalue weighted by Crippen LogP contribution is -2.33. The number of carbonyl (C=O) groups is 1. The SMILES string of the molecule is CCN(Cc1cccc(C)n1)C(=O)CCC1CCCNC1. The van der Waals surface area contributed by atoms with Crippen LogP contribution in [0.25, 0.3) is 0 Å². The lowest BCUT2D eigenvalue weighted by molar-refractivity contribution is -0.132. The first-order valence-electron chi connectivity index (χ1n) is 8.10. The second kappa shape index (κ2) is 8.13. The van der Waals surface area contributed by atoms with E-state index in [1.807, 2.05) is 36.9 Å². The molecule has 1 amide bonds. The van der Waals surface area contributed by atoms with Crippen LogP contribution in [0.4, 0.5) is 0 Å². The Morgan fingerprint density at radius 1 is 1.48 bits per heavy atom. The summed E-state index contributed by atoms with van der Waals surface area (Å²) in [5, 5.41) is 3.41. The number of carbonyl (C=O) groups excluding carboxylic acids is 1. The number of hydrogen-bond donors (Lipinski definition) is 1. The Bertz CT molecular complexity index is 455. The average molecular weight is 289 g/mol. The van der Waals surface area contributed by atoms with Gasteiger partial charge in [0.05, 0.1) is 12.2 Å². The fraction of sp³-hybridized carbons (Fsp3) is 0.647. The van der Waals surface area contributed by atoms with Crippen LogP contribution in [0.2, 0.25) is 0 Å². The maximum absolute atomic E-state index is 12.4. The van der Waals surface area contributed by atoms with Gasteiger partial charge in [0.25, 0.3) is 0 Å². The second-order valence-corrected chi connectivity index (χ2v) is 5.93. The highest BCUT2D eigenvalue weighted by molar-refractivity contribution is 5.76. The van der Waals surface area contributed by atoms with Gasteiger partial charge in [-0.2, -0.15) is 0 Å². The highest BCUT2D eigenvalue weighted by Crippen LogP contribution is 2.17. The number of nitrogens with zero attached hydrogens (tertiary/aromatic N) is 2. The summed E-state index contributed by atoms with van der Waals surface area (Å²) in [5.74, 6) is 0.921. The lowest BCUT2D eigenvalue weighted by atomic mass is 9.94. The van der Waals surface area contributed by atoms with Crippen LogP contribution in [0.5, 0.6) is 0 Å². The van der Waals surface area contributed by atoms with Gasteiger partial charge in [0.15, 0.2) is 0 Å². The molecule has 4 heteroatoms. The van der Waals surface area contributed by atoms with Crippen molar-refractivity contribution in [3.8, 4) is 0 Å². The Morgan fingerprint density at radius 3 is 3.00 bits per heavy atom. The van der Waals surface area contributed by atoms with Gasteiger partial charge in [-0.25, -0.2) is 0 Å². The Labute approximate surface area is 127 Å². The van der Waals surface area contributed by atoms with Gasteiger partial charge in [-0.1, -0.05) is 6.07 Å². The molecule has 1 fully saturated rings. The molecule has 116 valence electrons. The number of piperidine rings is 1. The smallest absolute Gasteiger partial charge is 0.222 e. The molecule has 0 radical (unpaired) electrons. The first kappa shape index (κ1) is 16.0. The van der Waals surface area contributed by atoms with Gasteiger partial charge in [0.1, 0.15) is 0 Å². The van der Waals surface area contributed by atoms with Crippen molar-refractivity contribution in [2.45, 2.75) is 46.1 Å². The number of amides is 1. The maximum Gasteiger partial charge on any atom is 0.222 e. The van der Waals surface area contributed by atoms with E-state index < -0.39 is 0 Å². The molecule has 1 saturated heterocycles. The van der Waals surface area contributed by atoms with E-state index in [0.29, 0.717) is 18.9 Å². The van der Waals surface area contributed by atoms with Crippen LogP contribution in [-0.4, -0.2) is 35.4 Å². The van der Waals surface area contributed by atoms with Gasteiger partial charge in [0.2, 0.25) is 5.91 Å². The summed E-state index contributed by atoms with van der Waals surface area (Å²) in [5.41, 5.74) is 1.98. The quantitative estimate of drug-likeness (QED) is 0.875. The molecule has 1 atom stereocenters. The van der Waals surface area contributed by atoms with E-state index in [0.717, 1.165) is 37.4 Å². The fourth-order valence-corrected chi connectivity index (χ4v) is 2.92. The van der Waals surface area contributed by atoms with Crippen molar-refractivity contribution in [2.24, 2.45) is 5.92 Å². The van der Waals surface area contributed by atoms with Gasteiger partial charge in [0, 0.05) is 18.7 Å². The zero-order valence-electron chi connectivity index (χ0n) is 13.3. The summed E-state index contributed by atoms with van der Waals surface area (Å²) in [4.78, 5) is 18.8. The van der Waals surface area contributed by atoms with Crippen LogP contribution in [0, 0.1) is 12.8 Å². The summed E-state index contributed by atoms with van der Waals surface area (Å²) < 4.78 is 0. The van der Waals surface area contributed by atoms with Crippen LogP contribution in [-0.2, 0) is 11.3 Å². The Kier molecular flexibility index (Phi) is 6.18. The molecular weight excluding hydrogens is 262 g/mol. The highest BCUT2D eigenvalue weighted by atomic mass is 16.2. The van der Waals surface area contributed by atoms with Crippen LogP contribution < -0.4 is 5.32 Å². The molecule has 2 rings (SSSR count). The van der Waals surface area contributed by atoms with Crippen LogP contribution in [0.15, 0.2) is 18.2 Å². The van der Waals surface area contributed by atoms with Crippen molar-refractivity contribution in [2.75, 3.05) is 19.6 Å². The van der Waals surface area contributed by atoms with E-state index in [-0.39, 0.29) is 5.91 Å². The first-order chi connectivity index (χ1) is 10.2. The first-order valence-corrected chi connectivity index (χ1v) is 8.10. The van der Waals surface area contributed by atoms with Gasteiger partial charge in [-0.15, -0.1) is 0 Å². The van der Waals surface area contributed by atoms with Crippen LogP contribution in [0.1, 0.15) is 44.0 Å². The minimum absolute atomic E-state index is 0.256. The third kappa shape index (κ3) is 5.12. The second-order valence-electron chi connectivity index (χ2n) is 5.93. The molecular formula is C17H27N3O. The normalized spacial score (nSPS) is 18.5. The Hall–Kier alpha value is -1.42. The van der Waals surface area contributed by atoms with Crippen molar-refractivity contribution in [1.29, 1.82) is 0 Å². The Morgan fingerprint density at radius 2 is 2.33 bits per heavy atom. The van der Waals surface area contributed by atoms with Crippen LogP contribution >= 0.6 is 0 Å². The molecule has 21 heavy (non-hydrogen) atoms. The standard InChI is InChI=1S/C17H27N3O/c1-3-20(13-16-8-4-6-14(2)19-16)17(21)10-9-15-7-5-11-18-12-15/h4,6,8,15,18H,3,5,7,9-13H2,1-2H3. The molecule has 0 saturated carbocycles. The number of aryl methyl sites for hydroxylation is 1. The van der Waals surface area contributed by atoms with Crippen molar-refractivity contribution < 1.29 is 4.79 Å². The average Bonchev–Trinajstić information content (AvgIpc) is 2.51. The third-order valence-corrected chi connectivity index (χ3v) is 4.20. The topological polar surface area (TPSA) is 45.2 Å². The predicted octanol–water partition coefficient (Wildman–Crippen LogP) is 2.52. The zero-order valence-corrected chi connectivity index (χ0v) is 13.3. The number of pyridine rings is 1. The maximum atomic E-state index is 12.4. The van der Waals surface area contributed by atoms with E-state index >= 15 is 0 Å². The molecule has 0 bridgehead atoms. The summed E-state index contributed by atoms with van der Waals surface area (Å²) in [6.45, 7) is 7.59. The molecule has 1 aromatic heterocycles. The summed E-state index contributed by atoms with van der Waals surface area (Å²) in [6, 6.07) is 5.98. The van der Waals surface area contributed by atoms with E-state index in [2.05, 4.69) is 10.3 Å². The van der Waals surface area contributed by atoms with Crippen LogP contribution in [0.3, 0.4) is 0 Å². The molecule has 1 aromatic rings. The van der Waals surface area contributed by atoms with Gasteiger partial charge in [-0.05, 0) is 64.3 Å². The fourth-order valence-electron chi connectivity index (χ4n) is 2.92. The minimum Gasteiger partial charge on any atom is -0.337 e. The minimum atomic E-state index is 0.256. The molecule has 0 aliphatic carbocycles. The van der Waals surface area contributed by atoms with E-state index in [1.165, 1.54) is 12.8 Å². The number of aromatic nitrogens is 1.